The molecular formula is C19H21N3O2. The van der Waals surface area contributed by atoms with E-state index in [1.165, 1.54) is 6.20 Å². The fraction of sp³-hybridized carbons (Fsp3) is 0.211. The van der Waals surface area contributed by atoms with E-state index in [9.17, 15) is 9.59 Å². The summed E-state index contributed by atoms with van der Waals surface area (Å²) >= 11 is 0. The van der Waals surface area contributed by atoms with Gasteiger partial charge in [-0.2, -0.15) is 0 Å². The smallest absolute Gasteiger partial charge is 0.256 e. The van der Waals surface area contributed by atoms with Crippen molar-refractivity contribution in [3.8, 4) is 0 Å². The summed E-state index contributed by atoms with van der Waals surface area (Å²) in [6, 6.07) is 3.37. The van der Waals surface area contributed by atoms with E-state index >= 15 is 0 Å². The molecule has 0 aliphatic rings. The molecule has 24 heavy (non-hydrogen) atoms. The molecule has 124 valence electrons. The molecule has 0 bridgehead atoms. The van der Waals surface area contributed by atoms with Crippen molar-refractivity contribution < 1.29 is 4.79 Å². The van der Waals surface area contributed by atoms with Gasteiger partial charge in [-0.1, -0.05) is 18.2 Å². The number of nitrogens with one attached hydrogen (secondary N) is 1. The lowest BCUT2D eigenvalue weighted by Crippen LogP contribution is -2.29. The van der Waals surface area contributed by atoms with Crippen LogP contribution in [-0.4, -0.2) is 22.0 Å². The number of hydrogen-bond donors (Lipinski definition) is 1. The molecule has 2 rings (SSSR count). The van der Waals surface area contributed by atoms with Crippen LogP contribution in [0.3, 0.4) is 0 Å². The van der Waals surface area contributed by atoms with Gasteiger partial charge in [-0.25, -0.2) is 4.98 Å². The zero-order valence-electron chi connectivity index (χ0n) is 14.2. The van der Waals surface area contributed by atoms with Crippen molar-refractivity contribution in [2.75, 3.05) is 6.54 Å². The summed E-state index contributed by atoms with van der Waals surface area (Å²) < 4.78 is 1.75. The number of carbonyl (C=O) groups excluding carboxylic acids is 1. The molecule has 2 heterocycles. The van der Waals surface area contributed by atoms with Crippen molar-refractivity contribution in [2.45, 2.75) is 20.8 Å². The Morgan fingerprint density at radius 2 is 2.17 bits per heavy atom. The third-order valence-electron chi connectivity index (χ3n) is 3.35. The molecule has 2 aromatic rings. The van der Waals surface area contributed by atoms with Crippen LogP contribution in [0.5, 0.6) is 0 Å². The van der Waals surface area contributed by atoms with Gasteiger partial charge >= 0.3 is 0 Å². The summed E-state index contributed by atoms with van der Waals surface area (Å²) in [5.74, 6) is -0.392. The topological polar surface area (TPSA) is 64.0 Å². The molecule has 0 radical (unpaired) electrons. The largest absolute Gasteiger partial charge is 0.352 e. The van der Waals surface area contributed by atoms with Gasteiger partial charge in [-0.05, 0) is 45.1 Å². The summed E-state index contributed by atoms with van der Waals surface area (Å²) in [6.07, 6.45) is 8.58. The Morgan fingerprint density at radius 1 is 1.42 bits per heavy atom. The van der Waals surface area contributed by atoms with E-state index in [0.717, 1.165) is 11.3 Å². The molecule has 0 saturated carbocycles. The van der Waals surface area contributed by atoms with Crippen LogP contribution in [0.2, 0.25) is 0 Å². The normalized spacial score (nSPS) is 11.2. The van der Waals surface area contributed by atoms with Gasteiger partial charge in [0.2, 0.25) is 5.43 Å². The van der Waals surface area contributed by atoms with Gasteiger partial charge in [0, 0.05) is 24.6 Å². The molecule has 0 aliphatic heterocycles. The zero-order chi connectivity index (χ0) is 17.7. The van der Waals surface area contributed by atoms with Crippen molar-refractivity contribution in [1.29, 1.82) is 0 Å². The minimum absolute atomic E-state index is 0.0921. The summed E-state index contributed by atoms with van der Waals surface area (Å²) in [7, 11) is 0. The number of nitrogens with zero attached hydrogens (tertiary/aromatic N) is 2. The maximum absolute atomic E-state index is 12.6. The fourth-order valence-electron chi connectivity index (χ4n) is 2.39. The lowest BCUT2D eigenvalue weighted by molar-refractivity contribution is 0.0954. The maximum atomic E-state index is 12.6. The molecule has 1 amide bonds. The molecule has 5 heteroatoms. The number of rotatable bonds is 5. The number of allylic oxidation sites excluding steroid dienone is 5. The molecule has 1 N–H and O–H groups in total. The van der Waals surface area contributed by atoms with Crippen LogP contribution in [-0.2, 0) is 0 Å². The van der Waals surface area contributed by atoms with Gasteiger partial charge in [0.25, 0.3) is 5.91 Å². The van der Waals surface area contributed by atoms with Crippen LogP contribution in [0, 0.1) is 0 Å². The first kappa shape index (κ1) is 17.4. The number of amides is 1. The first-order chi connectivity index (χ1) is 11.5. The highest BCUT2D eigenvalue weighted by Crippen LogP contribution is 2.17. The van der Waals surface area contributed by atoms with Gasteiger partial charge in [-0.15, -0.1) is 0 Å². The predicted octanol–water partition coefficient (Wildman–Crippen LogP) is 3.14. The first-order valence-electron chi connectivity index (χ1n) is 7.76. The van der Waals surface area contributed by atoms with Crippen molar-refractivity contribution in [3.05, 3.63) is 70.7 Å². The zero-order valence-corrected chi connectivity index (χ0v) is 14.2. The number of hydrogen-bond acceptors (Lipinski definition) is 3. The van der Waals surface area contributed by atoms with E-state index in [1.54, 1.807) is 29.0 Å². The van der Waals surface area contributed by atoms with Crippen LogP contribution in [0.25, 0.3) is 16.7 Å². The Bertz CT molecular complexity index is 900. The number of pyridine rings is 2. The Balaban J connectivity index is 2.86. The van der Waals surface area contributed by atoms with Gasteiger partial charge in [-0.3, -0.25) is 9.59 Å². The highest BCUT2D eigenvalue weighted by Gasteiger charge is 2.16. The molecule has 0 unspecified atom stereocenters. The Kier molecular flexibility index (Phi) is 5.47. The first-order valence-corrected chi connectivity index (χ1v) is 7.76. The summed E-state index contributed by atoms with van der Waals surface area (Å²) in [5.41, 5.74) is 2.12. The average molecular weight is 323 g/mol. The second-order valence-corrected chi connectivity index (χ2v) is 5.52. The van der Waals surface area contributed by atoms with Crippen molar-refractivity contribution in [3.63, 3.8) is 0 Å². The van der Waals surface area contributed by atoms with E-state index in [0.29, 0.717) is 17.6 Å². The van der Waals surface area contributed by atoms with Gasteiger partial charge in [0.05, 0.1) is 5.39 Å². The standard InChI is InChI=1S/C19H21N3O2/c1-5-8-14(11-13(3)4)22-12-16(19(24)20-6-2)17(23)15-9-7-10-21-18(15)22/h5,7-12H,1,6H2,2-4H3,(H,20,24)/b14-8+. The molecule has 0 atom stereocenters. The number of carbonyl (C=O) groups is 1. The molecule has 0 spiro atoms. The van der Waals surface area contributed by atoms with Gasteiger partial charge < -0.3 is 9.88 Å². The lowest BCUT2D eigenvalue weighted by Gasteiger charge is -2.13. The molecule has 0 saturated heterocycles. The second kappa shape index (κ2) is 7.55. The average Bonchev–Trinajstić information content (AvgIpc) is 2.55. The Hall–Kier alpha value is -2.95. The van der Waals surface area contributed by atoms with E-state index in [2.05, 4.69) is 16.9 Å². The van der Waals surface area contributed by atoms with E-state index in [1.807, 2.05) is 32.9 Å². The van der Waals surface area contributed by atoms with Crippen LogP contribution in [0.15, 0.2) is 59.7 Å². The molecule has 2 aromatic heterocycles. The molecular weight excluding hydrogens is 302 g/mol. The molecule has 0 aromatic carbocycles. The van der Waals surface area contributed by atoms with E-state index < -0.39 is 5.91 Å². The van der Waals surface area contributed by atoms with Crippen LogP contribution in [0.4, 0.5) is 0 Å². The second-order valence-electron chi connectivity index (χ2n) is 5.52. The van der Waals surface area contributed by atoms with Gasteiger partial charge in [0.15, 0.2) is 0 Å². The third-order valence-corrected chi connectivity index (χ3v) is 3.35. The summed E-state index contributed by atoms with van der Waals surface area (Å²) in [6.45, 7) is 9.94. The quantitative estimate of drug-likeness (QED) is 0.860. The highest BCUT2D eigenvalue weighted by atomic mass is 16.2. The Morgan fingerprint density at radius 3 is 2.79 bits per heavy atom. The van der Waals surface area contributed by atoms with E-state index in [4.69, 9.17) is 0 Å². The van der Waals surface area contributed by atoms with Gasteiger partial charge in [0.1, 0.15) is 11.2 Å². The number of fused-ring (bicyclic) bond motifs is 1. The highest BCUT2D eigenvalue weighted by molar-refractivity contribution is 5.97. The monoisotopic (exact) mass is 323 g/mol. The fourth-order valence-corrected chi connectivity index (χ4v) is 2.39. The maximum Gasteiger partial charge on any atom is 0.256 e. The summed E-state index contributed by atoms with van der Waals surface area (Å²) in [4.78, 5) is 29.2. The Labute approximate surface area is 141 Å². The predicted molar refractivity (Wildman–Crippen MR) is 97.9 cm³/mol. The van der Waals surface area contributed by atoms with Crippen molar-refractivity contribution >= 4 is 22.6 Å². The van der Waals surface area contributed by atoms with Crippen LogP contribution >= 0.6 is 0 Å². The molecule has 5 nitrogen and oxygen atoms in total. The van der Waals surface area contributed by atoms with Crippen molar-refractivity contribution in [2.24, 2.45) is 0 Å². The summed E-state index contributed by atoms with van der Waals surface area (Å²) in [5, 5.41) is 3.08. The molecule has 0 aliphatic carbocycles. The van der Waals surface area contributed by atoms with Crippen molar-refractivity contribution in [1.82, 2.24) is 14.9 Å². The minimum Gasteiger partial charge on any atom is -0.352 e. The molecule has 0 fully saturated rings. The SMILES string of the molecule is C=C/C=C(\C=C(C)C)n1cc(C(=O)NCC)c(=O)c2cccnc21. The third kappa shape index (κ3) is 3.51. The van der Waals surface area contributed by atoms with E-state index in [-0.39, 0.29) is 11.0 Å². The van der Waals surface area contributed by atoms with Crippen LogP contribution < -0.4 is 10.7 Å². The van der Waals surface area contributed by atoms with Crippen LogP contribution in [0.1, 0.15) is 31.1 Å². The minimum atomic E-state index is -0.392. The number of aromatic nitrogens is 2. The lowest BCUT2D eigenvalue weighted by atomic mass is 10.1.